The van der Waals surface area contributed by atoms with Crippen molar-refractivity contribution in [1.82, 2.24) is 4.90 Å². The molecule has 0 fully saturated rings. The van der Waals surface area contributed by atoms with Gasteiger partial charge in [-0.1, -0.05) is 0 Å². The van der Waals surface area contributed by atoms with Crippen molar-refractivity contribution in [2.45, 2.75) is 32.6 Å². The summed E-state index contributed by atoms with van der Waals surface area (Å²) in [6, 6.07) is 0. The molecule has 0 atom stereocenters. The monoisotopic (exact) mass is 216 g/mol. The lowest BCUT2D eigenvalue weighted by Crippen LogP contribution is -2.32. The van der Waals surface area contributed by atoms with Crippen LogP contribution in [0.3, 0.4) is 0 Å². The van der Waals surface area contributed by atoms with E-state index in [0.29, 0.717) is 26.1 Å². The molecule has 0 aromatic rings. The number of carbonyl (C=O) groups is 2. The van der Waals surface area contributed by atoms with Crippen LogP contribution in [0.15, 0.2) is 0 Å². The van der Waals surface area contributed by atoms with E-state index in [4.69, 9.17) is 10.8 Å². The first-order valence-electron chi connectivity index (χ1n) is 5.31. The van der Waals surface area contributed by atoms with Crippen LogP contribution in [0.4, 0.5) is 0 Å². The molecule has 1 amide bonds. The molecule has 5 nitrogen and oxygen atoms in total. The van der Waals surface area contributed by atoms with Crippen molar-refractivity contribution in [3.05, 3.63) is 0 Å². The fourth-order valence-corrected chi connectivity index (χ4v) is 1.27. The van der Waals surface area contributed by atoms with Crippen molar-refractivity contribution in [2.24, 2.45) is 5.73 Å². The van der Waals surface area contributed by atoms with Gasteiger partial charge in [-0.2, -0.15) is 0 Å². The summed E-state index contributed by atoms with van der Waals surface area (Å²) in [5.74, 6) is -0.851. The Morgan fingerprint density at radius 2 is 1.93 bits per heavy atom. The number of nitrogens with zero attached hydrogens (tertiary/aromatic N) is 1. The number of amides is 1. The Kier molecular flexibility index (Phi) is 7.62. The molecule has 0 aromatic carbocycles. The van der Waals surface area contributed by atoms with Gasteiger partial charge in [0.2, 0.25) is 5.91 Å². The minimum Gasteiger partial charge on any atom is -0.481 e. The largest absolute Gasteiger partial charge is 0.481 e. The van der Waals surface area contributed by atoms with Crippen molar-refractivity contribution in [3.63, 3.8) is 0 Å². The van der Waals surface area contributed by atoms with Gasteiger partial charge in [0.1, 0.15) is 0 Å². The predicted octanol–water partition coefficient (Wildman–Crippen LogP) is 0.439. The number of nitrogens with two attached hydrogens (primary N) is 1. The first-order valence-corrected chi connectivity index (χ1v) is 5.31. The van der Waals surface area contributed by atoms with Crippen LogP contribution >= 0.6 is 0 Å². The average Bonchev–Trinajstić information content (AvgIpc) is 2.18. The second-order valence-corrected chi connectivity index (χ2v) is 3.36. The summed E-state index contributed by atoms with van der Waals surface area (Å²) in [5.41, 5.74) is 5.32. The lowest BCUT2D eigenvalue weighted by Gasteiger charge is -2.19. The Morgan fingerprint density at radius 1 is 1.27 bits per heavy atom. The van der Waals surface area contributed by atoms with Crippen LogP contribution in [0, 0.1) is 0 Å². The SMILES string of the molecule is CCN(CCC(=O)O)C(=O)CCCCN. The highest BCUT2D eigenvalue weighted by Gasteiger charge is 2.11. The maximum absolute atomic E-state index is 11.6. The number of rotatable bonds is 8. The van der Waals surface area contributed by atoms with Gasteiger partial charge in [0.05, 0.1) is 6.42 Å². The van der Waals surface area contributed by atoms with Crippen LogP contribution in [0.5, 0.6) is 0 Å². The van der Waals surface area contributed by atoms with Crippen molar-refractivity contribution in [1.29, 1.82) is 0 Å². The fraction of sp³-hybridized carbons (Fsp3) is 0.800. The Bertz CT molecular complexity index is 207. The molecule has 0 aliphatic carbocycles. The van der Waals surface area contributed by atoms with Crippen molar-refractivity contribution >= 4 is 11.9 Å². The molecule has 0 radical (unpaired) electrons. The zero-order chi connectivity index (χ0) is 11.7. The minimum absolute atomic E-state index is 0.0104. The molecule has 0 saturated heterocycles. The van der Waals surface area contributed by atoms with Gasteiger partial charge < -0.3 is 15.7 Å². The number of hydrogen-bond acceptors (Lipinski definition) is 3. The number of carboxylic acids is 1. The van der Waals surface area contributed by atoms with Crippen LogP contribution < -0.4 is 5.73 Å². The van der Waals surface area contributed by atoms with E-state index < -0.39 is 5.97 Å². The molecular weight excluding hydrogens is 196 g/mol. The first-order chi connectivity index (χ1) is 7.11. The third kappa shape index (κ3) is 6.90. The summed E-state index contributed by atoms with van der Waals surface area (Å²) in [5, 5.41) is 8.50. The number of unbranched alkanes of at least 4 members (excludes halogenated alkanes) is 1. The molecule has 0 spiro atoms. The molecule has 0 bridgehead atoms. The summed E-state index contributed by atoms with van der Waals surface area (Å²) < 4.78 is 0. The third-order valence-corrected chi connectivity index (χ3v) is 2.17. The van der Waals surface area contributed by atoms with E-state index in [1.54, 1.807) is 4.90 Å². The summed E-state index contributed by atoms with van der Waals surface area (Å²) in [7, 11) is 0. The highest BCUT2D eigenvalue weighted by atomic mass is 16.4. The quantitative estimate of drug-likeness (QED) is 0.577. The van der Waals surface area contributed by atoms with Crippen LogP contribution in [0.2, 0.25) is 0 Å². The van der Waals surface area contributed by atoms with Crippen LogP contribution in [-0.4, -0.2) is 41.5 Å². The van der Waals surface area contributed by atoms with E-state index in [2.05, 4.69) is 0 Å². The molecule has 0 saturated carbocycles. The summed E-state index contributed by atoms with van der Waals surface area (Å²) in [4.78, 5) is 23.5. The van der Waals surface area contributed by atoms with Gasteiger partial charge in [-0.3, -0.25) is 9.59 Å². The summed E-state index contributed by atoms with van der Waals surface area (Å²) in [6.45, 7) is 3.30. The van der Waals surface area contributed by atoms with E-state index in [-0.39, 0.29) is 12.3 Å². The Morgan fingerprint density at radius 3 is 2.40 bits per heavy atom. The third-order valence-electron chi connectivity index (χ3n) is 2.17. The molecule has 3 N–H and O–H groups in total. The van der Waals surface area contributed by atoms with E-state index in [0.717, 1.165) is 12.8 Å². The molecule has 0 aliphatic rings. The van der Waals surface area contributed by atoms with Gasteiger partial charge in [0.25, 0.3) is 0 Å². The molecule has 5 heteroatoms. The van der Waals surface area contributed by atoms with Crippen LogP contribution in [0.25, 0.3) is 0 Å². The van der Waals surface area contributed by atoms with Gasteiger partial charge >= 0.3 is 5.97 Å². The summed E-state index contributed by atoms with van der Waals surface area (Å²) >= 11 is 0. The molecular formula is C10H20N2O3. The molecule has 88 valence electrons. The first kappa shape index (κ1) is 13.9. The Balaban J connectivity index is 3.82. The normalized spacial score (nSPS) is 10.0. The van der Waals surface area contributed by atoms with Crippen molar-refractivity contribution in [2.75, 3.05) is 19.6 Å². The predicted molar refractivity (Wildman–Crippen MR) is 57.4 cm³/mol. The maximum Gasteiger partial charge on any atom is 0.305 e. The van der Waals surface area contributed by atoms with Crippen molar-refractivity contribution in [3.8, 4) is 0 Å². The highest BCUT2D eigenvalue weighted by Crippen LogP contribution is 2.01. The molecule has 0 unspecified atom stereocenters. The number of carbonyl (C=O) groups excluding carboxylic acids is 1. The number of carboxylic acid groups (broad SMARTS) is 1. The molecule has 0 aliphatic heterocycles. The number of hydrogen-bond donors (Lipinski definition) is 2. The average molecular weight is 216 g/mol. The molecule has 0 heterocycles. The molecule has 0 aromatic heterocycles. The van der Waals surface area contributed by atoms with E-state index in [1.807, 2.05) is 6.92 Å². The van der Waals surface area contributed by atoms with Gasteiger partial charge in [-0.05, 0) is 26.3 Å². The van der Waals surface area contributed by atoms with Crippen LogP contribution in [0.1, 0.15) is 32.6 Å². The molecule has 15 heavy (non-hydrogen) atoms. The Hall–Kier alpha value is -1.10. The fourth-order valence-electron chi connectivity index (χ4n) is 1.27. The zero-order valence-electron chi connectivity index (χ0n) is 9.24. The lowest BCUT2D eigenvalue weighted by atomic mass is 10.2. The van der Waals surface area contributed by atoms with E-state index >= 15 is 0 Å². The lowest BCUT2D eigenvalue weighted by molar-refractivity contribution is -0.138. The second-order valence-electron chi connectivity index (χ2n) is 3.36. The second kappa shape index (κ2) is 8.23. The van der Waals surface area contributed by atoms with Crippen molar-refractivity contribution < 1.29 is 14.7 Å². The summed E-state index contributed by atoms with van der Waals surface area (Å²) in [6.07, 6.45) is 2.09. The maximum atomic E-state index is 11.6. The highest BCUT2D eigenvalue weighted by molar-refractivity contribution is 5.76. The zero-order valence-corrected chi connectivity index (χ0v) is 9.24. The van der Waals surface area contributed by atoms with Gasteiger partial charge in [-0.25, -0.2) is 0 Å². The van der Waals surface area contributed by atoms with Gasteiger partial charge in [-0.15, -0.1) is 0 Å². The Labute approximate surface area is 90.2 Å². The smallest absolute Gasteiger partial charge is 0.305 e. The molecule has 0 rings (SSSR count). The number of aliphatic carboxylic acids is 1. The van der Waals surface area contributed by atoms with E-state index in [1.165, 1.54) is 0 Å². The topological polar surface area (TPSA) is 83.6 Å². The van der Waals surface area contributed by atoms with Gasteiger partial charge in [0.15, 0.2) is 0 Å². The standard InChI is InChI=1S/C10H20N2O3/c1-2-12(8-6-10(14)15)9(13)5-3-4-7-11/h2-8,11H2,1H3,(H,14,15). The van der Waals surface area contributed by atoms with Crippen LogP contribution in [-0.2, 0) is 9.59 Å². The van der Waals surface area contributed by atoms with Gasteiger partial charge in [0, 0.05) is 19.5 Å². The minimum atomic E-state index is -0.872. The van der Waals surface area contributed by atoms with E-state index in [9.17, 15) is 9.59 Å².